The molecule has 76 valence electrons. The molecule has 2 fully saturated rings. The molecule has 0 spiro atoms. The van der Waals surface area contributed by atoms with Gasteiger partial charge in [-0.05, 0) is 19.3 Å². The first kappa shape index (κ1) is 8.38. The summed E-state index contributed by atoms with van der Waals surface area (Å²) < 4.78 is 4.74. The van der Waals surface area contributed by atoms with Crippen LogP contribution in [-0.4, -0.2) is 34.2 Å². The van der Waals surface area contributed by atoms with Gasteiger partial charge in [-0.3, -0.25) is 4.90 Å². The molecular formula is C9H14N4O. The van der Waals surface area contributed by atoms with Crippen LogP contribution in [0.15, 0.2) is 10.9 Å². The van der Waals surface area contributed by atoms with Crippen LogP contribution in [0.25, 0.3) is 0 Å². The van der Waals surface area contributed by atoms with Crippen LogP contribution in [0, 0.1) is 0 Å². The summed E-state index contributed by atoms with van der Waals surface area (Å²) in [6.45, 7) is 1.94. The first-order chi connectivity index (χ1) is 6.78. The van der Waals surface area contributed by atoms with Gasteiger partial charge in [-0.25, -0.2) is 0 Å². The van der Waals surface area contributed by atoms with Crippen molar-refractivity contribution in [3.05, 3.63) is 12.2 Å². The molecule has 1 aromatic heterocycles. The molecule has 1 unspecified atom stereocenters. The Morgan fingerprint density at radius 3 is 3.07 bits per heavy atom. The summed E-state index contributed by atoms with van der Waals surface area (Å²) in [5.74, 6) is 0.653. The lowest BCUT2D eigenvalue weighted by atomic mass is 10.00. The molecule has 3 rings (SSSR count). The predicted molar refractivity (Wildman–Crippen MR) is 49.4 cm³/mol. The topological polar surface area (TPSA) is 68.2 Å². The van der Waals surface area contributed by atoms with E-state index in [4.69, 9.17) is 10.3 Å². The van der Waals surface area contributed by atoms with E-state index in [-0.39, 0.29) is 5.54 Å². The van der Waals surface area contributed by atoms with Crippen molar-refractivity contribution in [1.29, 1.82) is 0 Å². The molecule has 1 aliphatic heterocycles. The molecule has 0 aromatic carbocycles. The van der Waals surface area contributed by atoms with Crippen molar-refractivity contribution in [2.75, 3.05) is 13.1 Å². The molecular weight excluding hydrogens is 180 g/mol. The Bertz CT molecular complexity index is 322. The fraction of sp³-hybridized carbons (Fsp3) is 0.778. The lowest BCUT2D eigenvalue weighted by Gasteiger charge is -2.20. The summed E-state index contributed by atoms with van der Waals surface area (Å²) >= 11 is 0. The monoisotopic (exact) mass is 194 g/mol. The smallest absolute Gasteiger partial charge is 0.213 e. The number of rotatable bonds is 2. The van der Waals surface area contributed by atoms with Gasteiger partial charge in [0.2, 0.25) is 6.39 Å². The molecule has 1 saturated carbocycles. The largest absolute Gasteiger partial charge is 0.343 e. The zero-order valence-electron chi connectivity index (χ0n) is 8.02. The third-order valence-corrected chi connectivity index (χ3v) is 3.20. The van der Waals surface area contributed by atoms with E-state index in [1.54, 1.807) is 0 Å². The second-order valence-corrected chi connectivity index (χ2v) is 4.36. The standard InChI is InChI=1S/C9H14N4O/c10-9(8-11-6-14-12-8)3-4-13(5-9)7-1-2-7/h6-7H,1-5,10H2. The molecule has 0 radical (unpaired) electrons. The van der Waals surface area contributed by atoms with Crippen molar-refractivity contribution in [3.63, 3.8) is 0 Å². The molecule has 2 aliphatic rings. The van der Waals surface area contributed by atoms with Crippen LogP contribution in [0.4, 0.5) is 0 Å². The van der Waals surface area contributed by atoms with Gasteiger partial charge in [0.15, 0.2) is 5.82 Å². The van der Waals surface area contributed by atoms with E-state index in [0.717, 1.165) is 25.6 Å². The summed E-state index contributed by atoms with van der Waals surface area (Å²) in [5, 5.41) is 3.85. The van der Waals surface area contributed by atoms with E-state index >= 15 is 0 Å². The highest BCUT2D eigenvalue weighted by Gasteiger charge is 2.44. The van der Waals surface area contributed by atoms with Gasteiger partial charge in [0.25, 0.3) is 0 Å². The van der Waals surface area contributed by atoms with E-state index in [9.17, 15) is 0 Å². The zero-order chi connectivity index (χ0) is 9.60. The molecule has 1 aliphatic carbocycles. The summed E-state index contributed by atoms with van der Waals surface area (Å²) in [5.41, 5.74) is 5.87. The normalized spacial score (nSPS) is 33.8. The van der Waals surface area contributed by atoms with E-state index < -0.39 is 0 Å². The number of nitrogens with two attached hydrogens (primary N) is 1. The Kier molecular flexibility index (Phi) is 1.66. The second kappa shape index (κ2) is 2.77. The zero-order valence-corrected chi connectivity index (χ0v) is 8.02. The highest BCUT2D eigenvalue weighted by molar-refractivity contribution is 5.09. The number of hydrogen-bond acceptors (Lipinski definition) is 5. The van der Waals surface area contributed by atoms with Crippen molar-refractivity contribution >= 4 is 0 Å². The lowest BCUT2D eigenvalue weighted by Crippen LogP contribution is -2.41. The third kappa shape index (κ3) is 1.24. The molecule has 14 heavy (non-hydrogen) atoms. The number of aromatic nitrogens is 2. The molecule has 5 heteroatoms. The van der Waals surface area contributed by atoms with Gasteiger partial charge < -0.3 is 10.3 Å². The molecule has 0 bridgehead atoms. The van der Waals surface area contributed by atoms with Crippen molar-refractivity contribution in [1.82, 2.24) is 15.0 Å². The maximum Gasteiger partial charge on any atom is 0.213 e. The van der Waals surface area contributed by atoms with Crippen LogP contribution in [0.2, 0.25) is 0 Å². The average Bonchev–Trinajstić information content (AvgIpc) is 2.74. The van der Waals surface area contributed by atoms with Gasteiger partial charge in [0.1, 0.15) is 0 Å². The summed E-state index contributed by atoms with van der Waals surface area (Å²) in [4.78, 5) is 6.50. The molecule has 1 saturated heterocycles. The number of hydrogen-bond donors (Lipinski definition) is 1. The Morgan fingerprint density at radius 1 is 1.57 bits per heavy atom. The Hall–Kier alpha value is -0.940. The minimum atomic E-state index is -0.379. The number of nitrogens with zero attached hydrogens (tertiary/aromatic N) is 3. The van der Waals surface area contributed by atoms with Crippen molar-refractivity contribution in [2.24, 2.45) is 5.73 Å². The van der Waals surface area contributed by atoms with Gasteiger partial charge in [0.05, 0.1) is 5.54 Å². The molecule has 1 atom stereocenters. The van der Waals surface area contributed by atoms with Gasteiger partial charge >= 0.3 is 0 Å². The molecule has 5 nitrogen and oxygen atoms in total. The van der Waals surface area contributed by atoms with Gasteiger partial charge in [-0.15, -0.1) is 0 Å². The van der Waals surface area contributed by atoms with Crippen LogP contribution in [0.1, 0.15) is 25.1 Å². The van der Waals surface area contributed by atoms with Crippen LogP contribution in [0.3, 0.4) is 0 Å². The Labute approximate surface area is 82.3 Å². The van der Waals surface area contributed by atoms with Crippen molar-refractivity contribution in [3.8, 4) is 0 Å². The second-order valence-electron chi connectivity index (χ2n) is 4.36. The van der Waals surface area contributed by atoms with Crippen LogP contribution < -0.4 is 5.73 Å². The SMILES string of the molecule is NC1(c2ncon2)CCN(C2CC2)C1. The van der Waals surface area contributed by atoms with Crippen LogP contribution in [0.5, 0.6) is 0 Å². The van der Waals surface area contributed by atoms with Crippen molar-refractivity contribution < 1.29 is 4.52 Å². The van der Waals surface area contributed by atoms with E-state index in [2.05, 4.69) is 15.0 Å². The Morgan fingerprint density at radius 2 is 2.43 bits per heavy atom. The predicted octanol–water partition coefficient (Wildman–Crippen LogP) is 0.0917. The minimum Gasteiger partial charge on any atom is -0.343 e. The maximum absolute atomic E-state index is 6.25. The highest BCUT2D eigenvalue weighted by atomic mass is 16.5. The highest BCUT2D eigenvalue weighted by Crippen LogP contribution is 2.35. The fourth-order valence-corrected chi connectivity index (χ4v) is 2.19. The quantitative estimate of drug-likeness (QED) is 0.722. The van der Waals surface area contributed by atoms with E-state index in [1.807, 2.05) is 0 Å². The molecule has 1 aromatic rings. The minimum absolute atomic E-state index is 0.379. The van der Waals surface area contributed by atoms with Crippen molar-refractivity contribution in [2.45, 2.75) is 30.8 Å². The number of likely N-dealkylation sites (tertiary alicyclic amines) is 1. The third-order valence-electron chi connectivity index (χ3n) is 3.20. The van der Waals surface area contributed by atoms with Gasteiger partial charge in [-0.2, -0.15) is 4.98 Å². The Balaban J connectivity index is 1.78. The lowest BCUT2D eigenvalue weighted by molar-refractivity contribution is 0.293. The fourth-order valence-electron chi connectivity index (χ4n) is 2.19. The molecule has 2 N–H and O–H groups in total. The first-order valence-corrected chi connectivity index (χ1v) is 5.08. The summed E-state index contributed by atoms with van der Waals surface area (Å²) in [7, 11) is 0. The van der Waals surface area contributed by atoms with E-state index in [0.29, 0.717) is 5.82 Å². The first-order valence-electron chi connectivity index (χ1n) is 5.08. The maximum atomic E-state index is 6.25. The average molecular weight is 194 g/mol. The van der Waals surface area contributed by atoms with Gasteiger partial charge in [0, 0.05) is 19.1 Å². The summed E-state index contributed by atoms with van der Waals surface area (Å²) in [6, 6.07) is 0.771. The van der Waals surface area contributed by atoms with Gasteiger partial charge in [-0.1, -0.05) is 5.16 Å². The van der Waals surface area contributed by atoms with E-state index in [1.165, 1.54) is 19.2 Å². The van der Waals surface area contributed by atoms with Crippen LogP contribution in [-0.2, 0) is 5.54 Å². The molecule has 2 heterocycles. The summed E-state index contributed by atoms with van der Waals surface area (Å²) in [6.07, 6.45) is 4.93. The van der Waals surface area contributed by atoms with Crippen LogP contribution >= 0.6 is 0 Å². The molecule has 0 amide bonds.